The number of unbranched alkanes of at least 4 members (excludes halogenated alkanes) is 9. The van der Waals surface area contributed by atoms with Crippen molar-refractivity contribution in [2.24, 2.45) is 11.8 Å². The Morgan fingerprint density at radius 1 is 0.800 bits per heavy atom. The molecule has 3 atom stereocenters. The van der Waals surface area contributed by atoms with Crippen molar-refractivity contribution in [2.45, 2.75) is 136 Å². The molecule has 1 aliphatic rings. The fourth-order valence-electron chi connectivity index (χ4n) is 6.17. The van der Waals surface area contributed by atoms with Gasteiger partial charge in [-0.1, -0.05) is 84.0 Å². The van der Waals surface area contributed by atoms with E-state index in [-0.39, 0.29) is 25.2 Å². The third-order valence-electron chi connectivity index (χ3n) is 9.10. The van der Waals surface area contributed by atoms with E-state index in [0.29, 0.717) is 26.1 Å². The lowest BCUT2D eigenvalue weighted by atomic mass is 10.0. The molecule has 1 saturated carbocycles. The first-order valence-corrected chi connectivity index (χ1v) is 17.8. The fraction of sp³-hybridized carbons (Fsp3) is 0.968. The van der Waals surface area contributed by atoms with E-state index in [9.17, 15) is 13.2 Å². The van der Waals surface area contributed by atoms with Crippen molar-refractivity contribution in [2.75, 3.05) is 46.1 Å². The van der Waals surface area contributed by atoms with E-state index >= 15 is 0 Å². The smallest absolute Gasteiger partial charge is 0.397 e. The molecule has 0 spiro atoms. The Balaban J connectivity index is 2.06. The molecule has 1 aliphatic carbocycles. The average Bonchev–Trinajstić information content (AvgIpc) is 3.68. The highest BCUT2D eigenvalue weighted by molar-refractivity contribution is 7.80. The van der Waals surface area contributed by atoms with Crippen molar-refractivity contribution in [3.63, 3.8) is 0 Å². The number of carbonyl (C=O) groups is 1. The summed E-state index contributed by atoms with van der Waals surface area (Å²) in [6.45, 7) is 12.1. The molecule has 0 aromatic rings. The second-order valence-corrected chi connectivity index (χ2v) is 12.9. The highest BCUT2D eigenvalue weighted by atomic mass is 32.3. The maximum Gasteiger partial charge on any atom is 0.397 e. The maximum atomic E-state index is 12.1. The molecule has 0 saturated heterocycles. The highest BCUT2D eigenvalue weighted by Crippen LogP contribution is 2.45. The van der Waals surface area contributed by atoms with Crippen LogP contribution in [0.25, 0.3) is 0 Å². The van der Waals surface area contributed by atoms with Crippen molar-refractivity contribution in [1.29, 1.82) is 0 Å². The molecular weight excluding hydrogens is 530 g/mol. The van der Waals surface area contributed by atoms with Gasteiger partial charge in [0.15, 0.2) is 0 Å². The lowest BCUT2D eigenvalue weighted by Gasteiger charge is -2.43. The molecule has 3 unspecified atom stereocenters. The summed E-state index contributed by atoms with van der Waals surface area (Å²) in [7, 11) is -4.45. The molecule has 238 valence electrons. The summed E-state index contributed by atoms with van der Waals surface area (Å²) in [5, 5.41) is 0. The van der Waals surface area contributed by atoms with Crippen LogP contribution in [0.5, 0.6) is 0 Å². The number of hydrogen-bond acceptors (Lipinski definition) is 6. The van der Waals surface area contributed by atoms with Crippen LogP contribution in [0.3, 0.4) is 0 Å². The normalized spacial score (nSPS) is 18.1. The predicted molar refractivity (Wildman–Crippen MR) is 161 cm³/mol. The van der Waals surface area contributed by atoms with Crippen molar-refractivity contribution in [3.8, 4) is 0 Å². The van der Waals surface area contributed by atoms with Gasteiger partial charge in [0.05, 0.1) is 39.5 Å². The van der Waals surface area contributed by atoms with E-state index in [1.807, 2.05) is 0 Å². The van der Waals surface area contributed by atoms with Gasteiger partial charge in [0.25, 0.3) is 0 Å². The Hall–Kier alpha value is -0.740. The van der Waals surface area contributed by atoms with Crippen LogP contribution in [0.15, 0.2) is 0 Å². The largest absolute Gasteiger partial charge is 0.463 e. The van der Waals surface area contributed by atoms with Crippen molar-refractivity contribution in [1.82, 2.24) is 0 Å². The molecule has 0 radical (unpaired) electrons. The number of ether oxygens (including phenoxy) is 2. The molecule has 0 aromatic heterocycles. The van der Waals surface area contributed by atoms with Crippen LogP contribution in [0.1, 0.15) is 130 Å². The summed E-state index contributed by atoms with van der Waals surface area (Å²) in [4.78, 5) is 12.1. The molecular formula is C31H62NO7S+. The molecule has 1 fully saturated rings. The maximum absolute atomic E-state index is 12.1. The van der Waals surface area contributed by atoms with Crippen LogP contribution < -0.4 is 0 Å². The van der Waals surface area contributed by atoms with E-state index in [1.165, 1.54) is 77.0 Å². The molecule has 9 heteroatoms. The van der Waals surface area contributed by atoms with Crippen LogP contribution in [0.2, 0.25) is 0 Å². The summed E-state index contributed by atoms with van der Waals surface area (Å²) in [5.41, 5.74) is 0. The SMILES string of the molecule is CCCCCCCCC1CC1CCCCCCCC(=O)OCCOCC(CCOS(=O)(=O)O)[N+](CC)(CC)CC. The minimum atomic E-state index is -4.45. The third-order valence-corrected chi connectivity index (χ3v) is 9.57. The second-order valence-electron chi connectivity index (χ2n) is 11.8. The van der Waals surface area contributed by atoms with E-state index in [4.69, 9.17) is 14.0 Å². The molecule has 0 aromatic carbocycles. The Morgan fingerprint density at radius 3 is 1.90 bits per heavy atom. The predicted octanol–water partition coefficient (Wildman–Crippen LogP) is 7.12. The van der Waals surface area contributed by atoms with Crippen LogP contribution >= 0.6 is 0 Å². The van der Waals surface area contributed by atoms with Gasteiger partial charge < -0.3 is 14.0 Å². The summed E-state index contributed by atoms with van der Waals surface area (Å²) >= 11 is 0. The molecule has 8 nitrogen and oxygen atoms in total. The first-order valence-electron chi connectivity index (χ1n) is 16.4. The molecule has 40 heavy (non-hydrogen) atoms. The Morgan fingerprint density at radius 2 is 1.35 bits per heavy atom. The molecule has 0 aliphatic heterocycles. The number of hydrogen-bond donors (Lipinski definition) is 1. The standard InChI is InChI=1S/C31H61NO7S/c1-5-9-10-11-13-16-19-28-26-29(28)20-17-14-12-15-18-21-31(33)38-25-24-37-27-30(22-23-39-40(34,35)36)32(6-2,7-3)8-4/h28-30H,5-27H2,1-4H3/p+1. The number of nitrogens with zero attached hydrogens (tertiary/aromatic N) is 1. The number of esters is 1. The van der Waals surface area contributed by atoms with Gasteiger partial charge in [-0.2, -0.15) is 8.42 Å². The molecule has 0 bridgehead atoms. The molecule has 1 rings (SSSR count). The van der Waals surface area contributed by atoms with E-state index in [2.05, 4.69) is 31.9 Å². The summed E-state index contributed by atoms with van der Waals surface area (Å²) in [6.07, 6.45) is 19.4. The molecule has 0 heterocycles. The Bertz CT molecular complexity index is 734. The quantitative estimate of drug-likeness (QED) is 0.0447. The van der Waals surface area contributed by atoms with Crippen LogP contribution in [-0.2, 0) is 28.9 Å². The van der Waals surface area contributed by atoms with Crippen LogP contribution in [0, 0.1) is 11.8 Å². The van der Waals surface area contributed by atoms with Gasteiger partial charge in [-0.3, -0.25) is 9.35 Å². The summed E-state index contributed by atoms with van der Waals surface area (Å²) in [6, 6.07) is 0.0172. The first kappa shape index (κ1) is 37.3. The van der Waals surface area contributed by atoms with E-state index < -0.39 is 10.4 Å². The number of likely N-dealkylation sites (N-methyl/N-ethyl adjacent to an activating group) is 1. The fourth-order valence-corrected chi connectivity index (χ4v) is 6.47. The van der Waals surface area contributed by atoms with Gasteiger partial charge in [0.2, 0.25) is 0 Å². The topological polar surface area (TPSA) is 99.1 Å². The Labute approximate surface area is 246 Å². The number of rotatable bonds is 28. The van der Waals surface area contributed by atoms with Gasteiger partial charge >= 0.3 is 16.4 Å². The van der Waals surface area contributed by atoms with Crippen molar-refractivity contribution < 1.29 is 35.9 Å². The van der Waals surface area contributed by atoms with E-state index in [1.54, 1.807) is 0 Å². The lowest BCUT2D eigenvalue weighted by Crippen LogP contribution is -2.57. The minimum absolute atomic E-state index is 0.0172. The zero-order valence-corrected chi connectivity index (χ0v) is 27.1. The zero-order chi connectivity index (χ0) is 29.7. The van der Waals surface area contributed by atoms with Gasteiger partial charge in [-0.25, -0.2) is 4.18 Å². The molecule has 1 N–H and O–H groups in total. The third kappa shape index (κ3) is 17.3. The number of quaternary nitrogens is 1. The van der Waals surface area contributed by atoms with Crippen LogP contribution in [-0.4, -0.2) is 75.5 Å². The second kappa shape index (κ2) is 21.9. The zero-order valence-electron chi connectivity index (χ0n) is 26.2. The summed E-state index contributed by atoms with van der Waals surface area (Å²) in [5.74, 6) is 1.84. The highest BCUT2D eigenvalue weighted by Gasteiger charge is 2.35. The van der Waals surface area contributed by atoms with Crippen molar-refractivity contribution in [3.05, 3.63) is 0 Å². The van der Waals surface area contributed by atoms with Gasteiger partial charge in [0, 0.05) is 12.8 Å². The van der Waals surface area contributed by atoms with Gasteiger partial charge in [-0.05, 0) is 45.4 Å². The van der Waals surface area contributed by atoms with Gasteiger partial charge in [0.1, 0.15) is 12.6 Å². The average molecular weight is 593 g/mol. The summed E-state index contributed by atoms with van der Waals surface area (Å²) < 4.78 is 47.2. The Kier molecular flexibility index (Phi) is 20.4. The van der Waals surface area contributed by atoms with Crippen LogP contribution in [0.4, 0.5) is 0 Å². The lowest BCUT2D eigenvalue weighted by molar-refractivity contribution is -0.947. The molecule has 0 amide bonds. The number of carbonyl (C=O) groups excluding carboxylic acids is 1. The first-order chi connectivity index (χ1) is 19.2. The van der Waals surface area contributed by atoms with Gasteiger partial charge in [-0.15, -0.1) is 0 Å². The van der Waals surface area contributed by atoms with E-state index in [0.717, 1.165) is 48.8 Å². The van der Waals surface area contributed by atoms with Crippen molar-refractivity contribution >= 4 is 16.4 Å². The minimum Gasteiger partial charge on any atom is -0.463 e. The monoisotopic (exact) mass is 592 g/mol.